The molecule has 0 aliphatic heterocycles. The lowest BCUT2D eigenvalue weighted by atomic mass is 9.92. The minimum absolute atomic E-state index is 0.167. The number of pyridine rings is 1. The van der Waals surface area contributed by atoms with Crippen LogP contribution in [-0.2, 0) is 6.42 Å². The summed E-state index contributed by atoms with van der Waals surface area (Å²) in [6.07, 6.45) is 2.69. The maximum Gasteiger partial charge on any atom is 0.165 e. The fourth-order valence-electron chi connectivity index (χ4n) is 2.21. The van der Waals surface area contributed by atoms with Crippen LogP contribution < -0.4 is 0 Å². The summed E-state index contributed by atoms with van der Waals surface area (Å²) in [4.78, 5) is 9.23. The van der Waals surface area contributed by atoms with Gasteiger partial charge in [-0.3, -0.25) is 4.57 Å². The van der Waals surface area contributed by atoms with Crippen LogP contribution in [0.2, 0.25) is 4.34 Å². The average Bonchev–Trinajstić information content (AvgIpc) is 2.90. The van der Waals surface area contributed by atoms with E-state index in [0.717, 1.165) is 32.7 Å². The fraction of sp³-hybridized carbons (Fsp3) is 0.333. The predicted molar refractivity (Wildman–Crippen MR) is 84.9 cm³/mol. The summed E-state index contributed by atoms with van der Waals surface area (Å²) >= 11 is 7.63. The summed E-state index contributed by atoms with van der Waals surface area (Å²) in [6.45, 7) is 6.64. The minimum Gasteiger partial charge on any atom is -0.271 e. The molecule has 3 aromatic heterocycles. The van der Waals surface area contributed by atoms with Gasteiger partial charge in [-0.25, -0.2) is 9.97 Å². The summed E-state index contributed by atoms with van der Waals surface area (Å²) in [5.41, 5.74) is 1.99. The SMILES string of the molecule is CC(C)(C)Cc1nc2cccnc2n1-c1ccc(Cl)s1. The Morgan fingerprint density at radius 3 is 2.70 bits per heavy atom. The standard InChI is InChI=1S/C15H16ClN3S/c1-15(2,3)9-12-18-10-5-4-8-17-14(10)19(12)13-7-6-11(16)20-13/h4-8H,9H2,1-3H3. The van der Waals surface area contributed by atoms with Gasteiger partial charge in [0.2, 0.25) is 0 Å². The van der Waals surface area contributed by atoms with Crippen molar-refractivity contribution in [1.82, 2.24) is 14.5 Å². The third-order valence-electron chi connectivity index (χ3n) is 2.95. The van der Waals surface area contributed by atoms with E-state index in [1.54, 1.807) is 17.5 Å². The van der Waals surface area contributed by atoms with Gasteiger partial charge >= 0.3 is 0 Å². The highest BCUT2D eigenvalue weighted by Gasteiger charge is 2.20. The van der Waals surface area contributed by atoms with Crippen molar-refractivity contribution in [1.29, 1.82) is 0 Å². The first-order chi connectivity index (χ1) is 9.44. The average molecular weight is 306 g/mol. The molecule has 3 rings (SSSR count). The van der Waals surface area contributed by atoms with Gasteiger partial charge in [0.15, 0.2) is 5.65 Å². The largest absolute Gasteiger partial charge is 0.271 e. The van der Waals surface area contributed by atoms with Crippen LogP contribution in [0.5, 0.6) is 0 Å². The first kappa shape index (κ1) is 13.6. The molecule has 0 atom stereocenters. The topological polar surface area (TPSA) is 30.7 Å². The highest BCUT2D eigenvalue weighted by atomic mass is 35.5. The maximum atomic E-state index is 6.08. The van der Waals surface area contributed by atoms with Gasteiger partial charge in [0.1, 0.15) is 16.3 Å². The maximum absolute atomic E-state index is 6.08. The third kappa shape index (κ3) is 2.58. The van der Waals surface area contributed by atoms with Gasteiger partial charge < -0.3 is 0 Å². The van der Waals surface area contributed by atoms with Gasteiger partial charge in [0, 0.05) is 12.6 Å². The quantitative estimate of drug-likeness (QED) is 0.685. The third-order valence-corrected chi connectivity index (χ3v) is 4.17. The Morgan fingerprint density at radius 1 is 1.25 bits per heavy atom. The first-order valence-electron chi connectivity index (χ1n) is 6.52. The number of fused-ring (bicyclic) bond motifs is 1. The molecular formula is C15H16ClN3S. The number of halogens is 1. The van der Waals surface area contributed by atoms with E-state index in [2.05, 4.69) is 30.3 Å². The first-order valence-corrected chi connectivity index (χ1v) is 7.71. The number of rotatable bonds is 2. The molecule has 0 saturated carbocycles. The Hall–Kier alpha value is -1.39. The van der Waals surface area contributed by atoms with E-state index < -0.39 is 0 Å². The Kier molecular flexibility index (Phi) is 3.30. The predicted octanol–water partition coefficient (Wildman–Crippen LogP) is 4.72. The van der Waals surface area contributed by atoms with Gasteiger partial charge in [0.25, 0.3) is 0 Å². The highest BCUT2D eigenvalue weighted by molar-refractivity contribution is 7.18. The van der Waals surface area contributed by atoms with Crippen molar-refractivity contribution >= 4 is 34.1 Å². The molecule has 0 bridgehead atoms. The summed E-state index contributed by atoms with van der Waals surface area (Å²) < 4.78 is 2.90. The zero-order valence-corrected chi connectivity index (χ0v) is 13.3. The van der Waals surface area contributed by atoms with Crippen molar-refractivity contribution in [3.8, 4) is 5.00 Å². The van der Waals surface area contributed by atoms with E-state index in [1.165, 1.54) is 0 Å². The smallest absolute Gasteiger partial charge is 0.165 e. The molecule has 3 heterocycles. The van der Waals surface area contributed by atoms with Crippen molar-refractivity contribution in [2.75, 3.05) is 0 Å². The molecule has 3 aromatic rings. The molecule has 20 heavy (non-hydrogen) atoms. The van der Waals surface area contributed by atoms with E-state index in [-0.39, 0.29) is 5.41 Å². The molecule has 0 aliphatic rings. The molecule has 0 amide bonds. The van der Waals surface area contributed by atoms with Gasteiger partial charge in [-0.1, -0.05) is 32.4 Å². The number of aromatic nitrogens is 3. The molecule has 5 heteroatoms. The Morgan fingerprint density at radius 2 is 2.05 bits per heavy atom. The van der Waals surface area contributed by atoms with Crippen molar-refractivity contribution in [3.05, 3.63) is 40.6 Å². The summed E-state index contributed by atoms with van der Waals surface area (Å²) in [5, 5.41) is 1.07. The number of hydrogen-bond donors (Lipinski definition) is 0. The highest BCUT2D eigenvalue weighted by Crippen LogP contribution is 2.31. The van der Waals surface area contributed by atoms with Gasteiger partial charge in [-0.15, -0.1) is 11.3 Å². The van der Waals surface area contributed by atoms with Crippen LogP contribution in [0, 0.1) is 5.41 Å². The molecule has 0 fully saturated rings. The summed E-state index contributed by atoms with van der Waals surface area (Å²) in [5.74, 6) is 1.03. The van der Waals surface area contributed by atoms with Crippen LogP contribution in [0.3, 0.4) is 0 Å². The minimum atomic E-state index is 0.167. The van der Waals surface area contributed by atoms with Gasteiger partial charge in [0.05, 0.1) is 4.34 Å². The van der Waals surface area contributed by atoms with E-state index in [9.17, 15) is 0 Å². The second kappa shape index (κ2) is 4.86. The molecule has 0 aliphatic carbocycles. The van der Waals surface area contributed by atoms with Crippen LogP contribution >= 0.6 is 22.9 Å². The molecule has 0 N–H and O–H groups in total. The second-order valence-corrected chi connectivity index (χ2v) is 7.72. The van der Waals surface area contributed by atoms with E-state index in [0.29, 0.717) is 0 Å². The van der Waals surface area contributed by atoms with Gasteiger partial charge in [-0.05, 0) is 29.7 Å². The Labute approximate surface area is 127 Å². The number of imidazole rings is 1. The Balaban J connectivity index is 2.23. The lowest BCUT2D eigenvalue weighted by molar-refractivity contribution is 0.399. The molecule has 0 radical (unpaired) electrons. The monoisotopic (exact) mass is 305 g/mol. The van der Waals surface area contributed by atoms with Crippen LogP contribution in [-0.4, -0.2) is 14.5 Å². The number of thiophene rings is 1. The van der Waals surface area contributed by atoms with Crippen molar-refractivity contribution in [2.24, 2.45) is 5.41 Å². The zero-order chi connectivity index (χ0) is 14.3. The molecule has 0 unspecified atom stereocenters. The molecule has 0 spiro atoms. The van der Waals surface area contributed by atoms with E-state index >= 15 is 0 Å². The number of hydrogen-bond acceptors (Lipinski definition) is 3. The van der Waals surface area contributed by atoms with Crippen molar-refractivity contribution in [3.63, 3.8) is 0 Å². The normalized spacial score (nSPS) is 12.2. The van der Waals surface area contributed by atoms with E-state index in [4.69, 9.17) is 16.6 Å². The van der Waals surface area contributed by atoms with Gasteiger partial charge in [-0.2, -0.15) is 0 Å². The zero-order valence-electron chi connectivity index (χ0n) is 11.7. The van der Waals surface area contributed by atoms with E-state index in [1.807, 2.05) is 24.3 Å². The summed E-state index contributed by atoms with van der Waals surface area (Å²) in [6, 6.07) is 7.86. The molecular weight excluding hydrogens is 290 g/mol. The molecule has 3 nitrogen and oxygen atoms in total. The van der Waals surface area contributed by atoms with Crippen molar-refractivity contribution < 1.29 is 0 Å². The number of nitrogens with zero attached hydrogens (tertiary/aromatic N) is 3. The lowest BCUT2D eigenvalue weighted by Gasteiger charge is -2.18. The molecule has 0 saturated heterocycles. The summed E-state index contributed by atoms with van der Waals surface area (Å²) in [7, 11) is 0. The van der Waals surface area contributed by atoms with Crippen LogP contribution in [0.4, 0.5) is 0 Å². The van der Waals surface area contributed by atoms with Crippen molar-refractivity contribution in [2.45, 2.75) is 27.2 Å². The Bertz CT molecular complexity index is 752. The molecule has 0 aromatic carbocycles. The van der Waals surface area contributed by atoms with Crippen LogP contribution in [0.1, 0.15) is 26.6 Å². The van der Waals surface area contributed by atoms with Crippen LogP contribution in [0.25, 0.3) is 16.2 Å². The fourth-order valence-corrected chi connectivity index (χ4v) is 3.26. The van der Waals surface area contributed by atoms with Crippen LogP contribution in [0.15, 0.2) is 30.5 Å². The lowest BCUT2D eigenvalue weighted by Crippen LogP contribution is -2.13. The molecule has 104 valence electrons. The second-order valence-electron chi connectivity index (χ2n) is 6.02.